The predicted octanol–water partition coefficient (Wildman–Crippen LogP) is 4.27. The molecule has 0 amide bonds. The number of nitrogens with zero attached hydrogens (tertiary/aromatic N) is 1. The highest BCUT2D eigenvalue weighted by molar-refractivity contribution is 5.79. The maximum Gasteiger partial charge on any atom is 0.416 e. The molecule has 2 aromatic carbocycles. The minimum atomic E-state index is -4.32. The summed E-state index contributed by atoms with van der Waals surface area (Å²) in [6.45, 7) is 3.08. The van der Waals surface area contributed by atoms with Crippen molar-refractivity contribution in [2.24, 2.45) is 4.99 Å². The summed E-state index contributed by atoms with van der Waals surface area (Å²) in [7, 11) is 1.65. The average molecular weight is 435 g/mol. The van der Waals surface area contributed by atoms with Crippen LogP contribution < -0.4 is 10.6 Å². The Balaban J connectivity index is 1.41. The summed E-state index contributed by atoms with van der Waals surface area (Å²) in [5, 5.41) is 6.32. The van der Waals surface area contributed by atoms with Gasteiger partial charge in [0, 0.05) is 33.4 Å². The second-order valence-corrected chi connectivity index (χ2v) is 7.41. The minimum Gasteiger partial charge on any atom is -0.381 e. The smallest absolute Gasteiger partial charge is 0.381 e. The summed E-state index contributed by atoms with van der Waals surface area (Å²) < 4.78 is 49.2. The van der Waals surface area contributed by atoms with Crippen LogP contribution in [0.25, 0.3) is 0 Å². The molecule has 8 heteroatoms. The molecular weight excluding hydrogens is 407 g/mol. The molecule has 2 N–H and O–H groups in total. The first-order valence-electron chi connectivity index (χ1n) is 10.3. The molecule has 1 fully saturated rings. The summed E-state index contributed by atoms with van der Waals surface area (Å²) in [5.41, 5.74) is 2.30. The number of alkyl halides is 3. The topological polar surface area (TPSA) is 54.9 Å². The maximum atomic E-state index is 12.6. The van der Waals surface area contributed by atoms with Gasteiger partial charge >= 0.3 is 6.18 Å². The third kappa shape index (κ3) is 7.56. The van der Waals surface area contributed by atoms with Crippen LogP contribution in [0.15, 0.2) is 53.5 Å². The van der Waals surface area contributed by atoms with Gasteiger partial charge in [-0.15, -0.1) is 0 Å². The fourth-order valence-corrected chi connectivity index (χ4v) is 3.21. The average Bonchev–Trinajstić information content (AvgIpc) is 2.79. The number of ether oxygens (including phenoxy) is 2. The fraction of sp³-hybridized carbons (Fsp3) is 0.435. The van der Waals surface area contributed by atoms with Crippen LogP contribution in [0.4, 0.5) is 13.2 Å². The van der Waals surface area contributed by atoms with Crippen molar-refractivity contribution >= 4 is 5.96 Å². The zero-order chi connectivity index (χ0) is 22.1. The highest BCUT2D eigenvalue weighted by Crippen LogP contribution is 2.29. The van der Waals surface area contributed by atoms with E-state index in [1.165, 1.54) is 12.1 Å². The van der Waals surface area contributed by atoms with Gasteiger partial charge in [-0.1, -0.05) is 36.4 Å². The molecule has 1 aliphatic rings. The second kappa shape index (κ2) is 11.2. The molecule has 1 saturated heterocycles. The standard InChI is InChI=1S/C23H28F3N3O2/c1-27-22(29-15-18-6-8-20(9-7-18)23(24,25)26)28-14-17-2-4-19(5-3-17)16-31-21-10-12-30-13-11-21/h2-9,21H,10-16H2,1H3,(H2,27,28,29). The Kier molecular flexibility index (Phi) is 8.31. The highest BCUT2D eigenvalue weighted by atomic mass is 19.4. The van der Waals surface area contributed by atoms with Gasteiger partial charge in [0.1, 0.15) is 0 Å². The van der Waals surface area contributed by atoms with Crippen LogP contribution >= 0.6 is 0 Å². The van der Waals surface area contributed by atoms with Crippen LogP contribution in [0, 0.1) is 0 Å². The number of guanidine groups is 1. The van der Waals surface area contributed by atoms with Gasteiger partial charge in [-0.25, -0.2) is 0 Å². The first-order chi connectivity index (χ1) is 14.9. The van der Waals surface area contributed by atoms with Crippen LogP contribution in [0.3, 0.4) is 0 Å². The molecule has 168 valence electrons. The zero-order valence-electron chi connectivity index (χ0n) is 17.5. The van der Waals surface area contributed by atoms with Gasteiger partial charge < -0.3 is 20.1 Å². The lowest BCUT2D eigenvalue weighted by Gasteiger charge is -2.22. The molecule has 0 unspecified atom stereocenters. The van der Waals surface area contributed by atoms with E-state index < -0.39 is 11.7 Å². The van der Waals surface area contributed by atoms with Crippen LogP contribution in [0.1, 0.15) is 35.1 Å². The number of hydrogen-bond donors (Lipinski definition) is 2. The summed E-state index contributed by atoms with van der Waals surface area (Å²) >= 11 is 0. The van der Waals surface area contributed by atoms with Gasteiger partial charge in [0.05, 0.1) is 18.3 Å². The number of halogens is 3. The Labute approximate surface area is 180 Å². The second-order valence-electron chi connectivity index (χ2n) is 7.41. The van der Waals surface area contributed by atoms with Gasteiger partial charge in [-0.05, 0) is 41.7 Å². The van der Waals surface area contributed by atoms with Crippen molar-refractivity contribution in [3.63, 3.8) is 0 Å². The Morgan fingerprint density at radius 3 is 1.97 bits per heavy atom. The molecule has 0 aliphatic carbocycles. The molecule has 0 bridgehead atoms. The SMILES string of the molecule is CN=C(NCc1ccc(COC2CCOCC2)cc1)NCc1ccc(C(F)(F)F)cc1. The quantitative estimate of drug-likeness (QED) is 0.504. The molecule has 0 radical (unpaired) electrons. The number of benzene rings is 2. The largest absolute Gasteiger partial charge is 0.416 e. The third-order valence-electron chi connectivity index (χ3n) is 5.10. The third-order valence-corrected chi connectivity index (χ3v) is 5.10. The first kappa shape index (κ1) is 23.1. The predicted molar refractivity (Wildman–Crippen MR) is 114 cm³/mol. The minimum absolute atomic E-state index is 0.272. The number of rotatable bonds is 7. The molecule has 1 heterocycles. The van der Waals surface area contributed by atoms with Crippen molar-refractivity contribution < 1.29 is 22.6 Å². The highest BCUT2D eigenvalue weighted by Gasteiger charge is 2.29. The number of hydrogen-bond acceptors (Lipinski definition) is 3. The van der Waals surface area contributed by atoms with Gasteiger partial charge in [0.25, 0.3) is 0 Å². The molecule has 2 aromatic rings. The summed E-state index contributed by atoms with van der Waals surface area (Å²) in [4.78, 5) is 4.16. The first-order valence-corrected chi connectivity index (χ1v) is 10.3. The van der Waals surface area contributed by atoms with Crippen molar-refractivity contribution in [2.75, 3.05) is 20.3 Å². The van der Waals surface area contributed by atoms with Gasteiger partial charge in [-0.3, -0.25) is 4.99 Å². The van der Waals surface area contributed by atoms with E-state index >= 15 is 0 Å². The van der Waals surface area contributed by atoms with Gasteiger partial charge in [0.15, 0.2) is 5.96 Å². The molecule has 0 saturated carbocycles. The van der Waals surface area contributed by atoms with Crippen molar-refractivity contribution in [3.05, 3.63) is 70.8 Å². The zero-order valence-corrected chi connectivity index (χ0v) is 17.5. The molecule has 0 atom stereocenters. The number of nitrogens with one attached hydrogen (secondary N) is 2. The molecule has 0 spiro atoms. The van der Waals surface area contributed by atoms with Crippen LogP contribution in [-0.4, -0.2) is 32.3 Å². The van der Waals surface area contributed by atoms with E-state index in [1.54, 1.807) is 7.05 Å². The lowest BCUT2D eigenvalue weighted by molar-refractivity contribution is -0.137. The molecule has 31 heavy (non-hydrogen) atoms. The van der Waals surface area contributed by atoms with E-state index in [9.17, 15) is 13.2 Å². The van der Waals surface area contributed by atoms with E-state index in [0.29, 0.717) is 25.7 Å². The van der Waals surface area contributed by atoms with E-state index in [2.05, 4.69) is 27.8 Å². The Bertz CT molecular complexity index is 831. The number of aliphatic imine (C=N–C) groups is 1. The van der Waals surface area contributed by atoms with Crippen LogP contribution in [-0.2, 0) is 35.3 Å². The normalized spacial score (nSPS) is 15.7. The van der Waals surface area contributed by atoms with Gasteiger partial charge in [0.2, 0.25) is 0 Å². The van der Waals surface area contributed by atoms with Crippen molar-refractivity contribution in [3.8, 4) is 0 Å². The Hall–Kier alpha value is -2.58. The summed E-state index contributed by atoms with van der Waals surface area (Å²) in [6.07, 6.45) is -2.16. The monoisotopic (exact) mass is 435 g/mol. The van der Waals surface area contributed by atoms with Crippen LogP contribution in [0.2, 0.25) is 0 Å². The van der Waals surface area contributed by atoms with E-state index in [0.717, 1.165) is 54.9 Å². The summed E-state index contributed by atoms with van der Waals surface area (Å²) in [5.74, 6) is 0.576. The maximum absolute atomic E-state index is 12.6. The molecule has 1 aliphatic heterocycles. The molecule has 3 rings (SSSR count). The molecule has 0 aromatic heterocycles. The molecule has 5 nitrogen and oxygen atoms in total. The lowest BCUT2D eigenvalue weighted by atomic mass is 10.1. The van der Waals surface area contributed by atoms with Crippen molar-refractivity contribution in [2.45, 2.75) is 44.8 Å². The molecular formula is C23H28F3N3O2. The Morgan fingerprint density at radius 1 is 0.935 bits per heavy atom. The lowest BCUT2D eigenvalue weighted by Crippen LogP contribution is -2.36. The summed E-state index contributed by atoms with van der Waals surface area (Å²) in [6, 6.07) is 13.3. The van der Waals surface area contributed by atoms with Crippen LogP contribution in [0.5, 0.6) is 0 Å². The Morgan fingerprint density at radius 2 is 1.45 bits per heavy atom. The van der Waals surface area contributed by atoms with E-state index in [-0.39, 0.29) is 6.10 Å². The van der Waals surface area contributed by atoms with Crippen molar-refractivity contribution in [1.82, 2.24) is 10.6 Å². The van der Waals surface area contributed by atoms with E-state index in [1.807, 2.05) is 12.1 Å². The van der Waals surface area contributed by atoms with Crippen molar-refractivity contribution in [1.29, 1.82) is 0 Å². The fourth-order valence-electron chi connectivity index (χ4n) is 3.21. The van der Waals surface area contributed by atoms with E-state index in [4.69, 9.17) is 9.47 Å². The van der Waals surface area contributed by atoms with Gasteiger partial charge in [-0.2, -0.15) is 13.2 Å².